The van der Waals surface area contributed by atoms with Gasteiger partial charge in [-0.25, -0.2) is 0 Å². The van der Waals surface area contributed by atoms with Crippen molar-refractivity contribution in [3.63, 3.8) is 0 Å². The van der Waals surface area contributed by atoms with Crippen LogP contribution in [0.5, 0.6) is 0 Å². The lowest BCUT2D eigenvalue weighted by Gasteiger charge is -2.09. The van der Waals surface area contributed by atoms with Crippen molar-refractivity contribution in [3.05, 3.63) is 53.9 Å². The summed E-state index contributed by atoms with van der Waals surface area (Å²) in [5.74, 6) is 0. The average molecular weight is 255 g/mol. The second-order valence-electron chi connectivity index (χ2n) is 4.66. The standard InChI is InChI=1S/C16H21N3/c1-3-18-15-10-16(12-17-11-15)19-8-7-14-6-4-5-13(2)9-14/h4-6,9-12,18-19H,3,7-8H2,1-2H3. The molecule has 0 saturated heterocycles. The summed E-state index contributed by atoms with van der Waals surface area (Å²) in [5.41, 5.74) is 4.80. The van der Waals surface area contributed by atoms with E-state index in [1.165, 1.54) is 11.1 Å². The highest BCUT2D eigenvalue weighted by Crippen LogP contribution is 2.13. The molecule has 0 aliphatic heterocycles. The normalized spacial score (nSPS) is 10.2. The van der Waals surface area contributed by atoms with Crippen molar-refractivity contribution in [2.45, 2.75) is 20.3 Å². The number of benzene rings is 1. The van der Waals surface area contributed by atoms with Crippen LogP contribution in [0.25, 0.3) is 0 Å². The first-order valence-corrected chi connectivity index (χ1v) is 6.76. The van der Waals surface area contributed by atoms with Crippen molar-refractivity contribution in [3.8, 4) is 0 Å². The topological polar surface area (TPSA) is 37.0 Å². The number of aromatic nitrogens is 1. The first-order valence-electron chi connectivity index (χ1n) is 6.76. The van der Waals surface area contributed by atoms with E-state index in [0.29, 0.717) is 0 Å². The quantitative estimate of drug-likeness (QED) is 0.829. The van der Waals surface area contributed by atoms with Crippen LogP contribution in [-0.4, -0.2) is 18.1 Å². The lowest BCUT2D eigenvalue weighted by molar-refractivity contribution is 1.01. The molecule has 19 heavy (non-hydrogen) atoms. The van der Waals surface area contributed by atoms with Gasteiger partial charge < -0.3 is 10.6 Å². The van der Waals surface area contributed by atoms with Gasteiger partial charge in [0.15, 0.2) is 0 Å². The molecule has 2 N–H and O–H groups in total. The molecule has 1 heterocycles. The smallest absolute Gasteiger partial charge is 0.0547 e. The van der Waals surface area contributed by atoms with E-state index in [-0.39, 0.29) is 0 Å². The maximum atomic E-state index is 4.22. The Morgan fingerprint density at radius 2 is 1.84 bits per heavy atom. The fraction of sp³-hybridized carbons (Fsp3) is 0.312. The van der Waals surface area contributed by atoms with Gasteiger partial charge in [-0.3, -0.25) is 4.98 Å². The predicted molar refractivity (Wildman–Crippen MR) is 81.8 cm³/mol. The van der Waals surface area contributed by atoms with Gasteiger partial charge in [-0.1, -0.05) is 29.8 Å². The molecule has 0 fully saturated rings. The van der Waals surface area contributed by atoms with E-state index in [0.717, 1.165) is 30.9 Å². The summed E-state index contributed by atoms with van der Waals surface area (Å²) < 4.78 is 0. The first-order chi connectivity index (χ1) is 9.28. The minimum absolute atomic E-state index is 0.911. The molecule has 0 unspecified atom stereocenters. The zero-order valence-electron chi connectivity index (χ0n) is 11.6. The lowest BCUT2D eigenvalue weighted by atomic mass is 10.1. The van der Waals surface area contributed by atoms with Crippen molar-refractivity contribution in [1.29, 1.82) is 0 Å². The second-order valence-corrected chi connectivity index (χ2v) is 4.66. The monoisotopic (exact) mass is 255 g/mol. The van der Waals surface area contributed by atoms with Gasteiger partial charge in [0, 0.05) is 13.1 Å². The molecule has 0 radical (unpaired) electrons. The van der Waals surface area contributed by atoms with E-state index in [2.05, 4.69) is 59.8 Å². The molecule has 2 aromatic rings. The fourth-order valence-corrected chi connectivity index (χ4v) is 2.06. The second kappa shape index (κ2) is 6.78. The molecule has 3 nitrogen and oxygen atoms in total. The van der Waals surface area contributed by atoms with Gasteiger partial charge in [0.2, 0.25) is 0 Å². The van der Waals surface area contributed by atoms with Gasteiger partial charge in [-0.15, -0.1) is 0 Å². The van der Waals surface area contributed by atoms with Crippen LogP contribution in [-0.2, 0) is 6.42 Å². The van der Waals surface area contributed by atoms with Crippen LogP contribution in [0.15, 0.2) is 42.7 Å². The third kappa shape index (κ3) is 4.28. The van der Waals surface area contributed by atoms with E-state index in [9.17, 15) is 0 Å². The maximum absolute atomic E-state index is 4.22. The molecule has 0 saturated carbocycles. The summed E-state index contributed by atoms with van der Waals surface area (Å²) in [7, 11) is 0. The molecule has 1 aromatic heterocycles. The van der Waals surface area contributed by atoms with Crippen molar-refractivity contribution in [2.75, 3.05) is 23.7 Å². The lowest BCUT2D eigenvalue weighted by Crippen LogP contribution is -2.06. The maximum Gasteiger partial charge on any atom is 0.0547 e. The van der Waals surface area contributed by atoms with E-state index in [4.69, 9.17) is 0 Å². The van der Waals surface area contributed by atoms with E-state index >= 15 is 0 Å². The molecule has 0 atom stereocenters. The zero-order chi connectivity index (χ0) is 13.5. The molecule has 1 aromatic carbocycles. The molecule has 0 amide bonds. The first kappa shape index (κ1) is 13.4. The fourth-order valence-electron chi connectivity index (χ4n) is 2.06. The van der Waals surface area contributed by atoms with Crippen LogP contribution in [0.4, 0.5) is 11.4 Å². The third-order valence-corrected chi connectivity index (χ3v) is 2.94. The van der Waals surface area contributed by atoms with E-state index in [1.54, 1.807) is 0 Å². The number of nitrogens with zero attached hydrogens (tertiary/aromatic N) is 1. The summed E-state index contributed by atoms with van der Waals surface area (Å²) in [4.78, 5) is 4.22. The molecular weight excluding hydrogens is 234 g/mol. The summed E-state index contributed by atoms with van der Waals surface area (Å²) in [6, 6.07) is 10.7. The highest BCUT2D eigenvalue weighted by molar-refractivity contribution is 5.53. The summed E-state index contributed by atoms with van der Waals surface area (Å²) in [6.45, 7) is 6.04. The van der Waals surface area contributed by atoms with Crippen LogP contribution in [0.2, 0.25) is 0 Å². The van der Waals surface area contributed by atoms with Crippen LogP contribution < -0.4 is 10.6 Å². The molecule has 0 spiro atoms. The largest absolute Gasteiger partial charge is 0.384 e. The van der Waals surface area contributed by atoms with Gasteiger partial charge in [0.25, 0.3) is 0 Å². The number of hydrogen-bond acceptors (Lipinski definition) is 3. The molecule has 3 heteroatoms. The Morgan fingerprint density at radius 1 is 1.05 bits per heavy atom. The van der Waals surface area contributed by atoms with Gasteiger partial charge in [-0.2, -0.15) is 0 Å². The van der Waals surface area contributed by atoms with Crippen molar-refractivity contribution in [2.24, 2.45) is 0 Å². The van der Waals surface area contributed by atoms with E-state index < -0.39 is 0 Å². The van der Waals surface area contributed by atoms with Gasteiger partial charge in [0.05, 0.1) is 23.8 Å². The Balaban J connectivity index is 1.87. The molecule has 100 valence electrons. The van der Waals surface area contributed by atoms with Crippen molar-refractivity contribution in [1.82, 2.24) is 4.98 Å². The van der Waals surface area contributed by atoms with Crippen LogP contribution in [0, 0.1) is 6.92 Å². The summed E-state index contributed by atoms with van der Waals surface area (Å²) in [5, 5.41) is 6.67. The molecule has 2 rings (SSSR count). The average Bonchev–Trinajstić information content (AvgIpc) is 2.40. The highest BCUT2D eigenvalue weighted by atomic mass is 14.9. The Kier molecular flexibility index (Phi) is 4.78. The number of hydrogen-bond donors (Lipinski definition) is 2. The Labute approximate surface area is 115 Å². The number of anilines is 2. The molecular formula is C16H21N3. The third-order valence-electron chi connectivity index (χ3n) is 2.94. The Bertz CT molecular complexity index is 523. The zero-order valence-corrected chi connectivity index (χ0v) is 11.6. The van der Waals surface area contributed by atoms with Crippen molar-refractivity contribution < 1.29 is 0 Å². The van der Waals surface area contributed by atoms with Gasteiger partial charge >= 0.3 is 0 Å². The van der Waals surface area contributed by atoms with Crippen LogP contribution >= 0.6 is 0 Å². The van der Waals surface area contributed by atoms with Gasteiger partial charge in [-0.05, 0) is 31.9 Å². The summed E-state index contributed by atoms with van der Waals surface area (Å²) in [6.07, 6.45) is 4.72. The predicted octanol–water partition coefficient (Wildman–Crippen LogP) is 3.48. The van der Waals surface area contributed by atoms with Gasteiger partial charge in [0.1, 0.15) is 0 Å². The minimum Gasteiger partial charge on any atom is -0.384 e. The molecule has 0 bridgehead atoms. The number of rotatable bonds is 6. The number of pyridine rings is 1. The Morgan fingerprint density at radius 3 is 2.58 bits per heavy atom. The molecule has 0 aliphatic rings. The number of aryl methyl sites for hydroxylation is 1. The van der Waals surface area contributed by atoms with Crippen LogP contribution in [0.3, 0.4) is 0 Å². The highest BCUT2D eigenvalue weighted by Gasteiger charge is 1.97. The van der Waals surface area contributed by atoms with E-state index in [1.807, 2.05) is 12.4 Å². The van der Waals surface area contributed by atoms with Crippen LogP contribution in [0.1, 0.15) is 18.1 Å². The SMILES string of the molecule is CCNc1cncc(NCCc2cccc(C)c2)c1. The minimum atomic E-state index is 0.911. The molecule has 0 aliphatic carbocycles. The number of nitrogens with one attached hydrogen (secondary N) is 2. The Hall–Kier alpha value is -2.03. The summed E-state index contributed by atoms with van der Waals surface area (Å²) >= 11 is 0. The van der Waals surface area contributed by atoms with Crippen molar-refractivity contribution >= 4 is 11.4 Å².